The molecule has 0 radical (unpaired) electrons. The number of ether oxygens (including phenoxy) is 1. The Kier molecular flexibility index (Phi) is 5.83. The third kappa shape index (κ3) is 3.87. The smallest absolute Gasteiger partial charge is 0.251 e. The lowest BCUT2D eigenvalue weighted by Crippen LogP contribution is -2.41. The number of benzene rings is 1. The lowest BCUT2D eigenvalue weighted by atomic mass is 9.82. The third-order valence-corrected chi connectivity index (χ3v) is 6.52. The molecule has 4 fully saturated rings. The molecule has 3 heterocycles. The summed E-state index contributed by atoms with van der Waals surface area (Å²) in [6.45, 7) is 2.75. The summed E-state index contributed by atoms with van der Waals surface area (Å²) in [4.78, 5) is 19.1. The molecule has 152 valence electrons. The van der Waals surface area contributed by atoms with Crippen LogP contribution in [0.25, 0.3) is 0 Å². The molecule has 2 N–H and O–H groups in total. The Balaban J connectivity index is 0.00000192. The number of hydrogen-bond donors (Lipinski definition) is 2. The summed E-state index contributed by atoms with van der Waals surface area (Å²) in [5.74, 6) is 2.32. The highest BCUT2D eigenvalue weighted by Gasteiger charge is 2.53. The van der Waals surface area contributed by atoms with Crippen molar-refractivity contribution in [3.8, 4) is 0 Å². The molecule has 0 aromatic heterocycles. The van der Waals surface area contributed by atoms with Crippen LogP contribution in [0.5, 0.6) is 0 Å². The van der Waals surface area contributed by atoms with Gasteiger partial charge in [0.25, 0.3) is 5.91 Å². The maximum absolute atomic E-state index is 12.3. The zero-order valence-corrected chi connectivity index (χ0v) is 18.6. The van der Waals surface area contributed by atoms with E-state index in [1.165, 1.54) is 12.8 Å². The standard InChI is InChI=1S/C21H28N4O2.HI/c1-22-21(25-11-16-17(12-25)19-8-7-18(16)27-19)23-10-13-3-2-4-14(9-13)20(26)24-15-5-6-15;/h2-4,9,15-19H,5-8,10-12H2,1H3,(H,22,23)(H,24,26);1H. The van der Waals surface area contributed by atoms with Gasteiger partial charge in [-0.25, -0.2) is 0 Å². The maximum Gasteiger partial charge on any atom is 0.251 e. The Morgan fingerprint density at radius 3 is 2.54 bits per heavy atom. The second-order valence-corrected chi connectivity index (χ2v) is 8.37. The van der Waals surface area contributed by atoms with Crippen molar-refractivity contribution in [2.75, 3.05) is 20.1 Å². The molecule has 7 heteroatoms. The maximum atomic E-state index is 12.3. The molecule has 1 aromatic rings. The van der Waals surface area contributed by atoms with Crippen LogP contribution in [-0.2, 0) is 11.3 Å². The first kappa shape index (κ1) is 19.9. The summed E-state index contributed by atoms with van der Waals surface area (Å²) in [6, 6.07) is 8.25. The average molecular weight is 496 g/mol. The fourth-order valence-corrected chi connectivity index (χ4v) is 4.97. The number of carbonyl (C=O) groups excluding carboxylic acids is 1. The van der Waals surface area contributed by atoms with Crippen LogP contribution in [-0.4, -0.2) is 55.2 Å². The van der Waals surface area contributed by atoms with Crippen LogP contribution in [0.2, 0.25) is 0 Å². The minimum atomic E-state index is 0. The molecule has 28 heavy (non-hydrogen) atoms. The van der Waals surface area contributed by atoms with Crippen molar-refractivity contribution in [2.24, 2.45) is 16.8 Å². The van der Waals surface area contributed by atoms with Crippen LogP contribution < -0.4 is 10.6 Å². The monoisotopic (exact) mass is 496 g/mol. The average Bonchev–Trinajstić information content (AvgIpc) is 3.09. The third-order valence-electron chi connectivity index (χ3n) is 6.52. The van der Waals surface area contributed by atoms with Gasteiger partial charge in [-0.05, 0) is 43.4 Å². The molecule has 6 nitrogen and oxygen atoms in total. The number of likely N-dealkylation sites (tertiary alicyclic amines) is 1. The zero-order valence-electron chi connectivity index (χ0n) is 16.3. The van der Waals surface area contributed by atoms with E-state index in [2.05, 4.69) is 26.6 Å². The Bertz CT molecular complexity index is 749. The number of guanidine groups is 1. The number of aliphatic imine (C=N–C) groups is 1. The Morgan fingerprint density at radius 1 is 1.18 bits per heavy atom. The van der Waals surface area contributed by atoms with Crippen LogP contribution in [0.3, 0.4) is 0 Å². The van der Waals surface area contributed by atoms with Crippen molar-refractivity contribution in [3.05, 3.63) is 35.4 Å². The summed E-state index contributed by atoms with van der Waals surface area (Å²) in [6.07, 6.45) is 5.58. The van der Waals surface area contributed by atoms with Crippen molar-refractivity contribution >= 4 is 35.8 Å². The number of fused-ring (bicyclic) bond motifs is 5. The van der Waals surface area contributed by atoms with E-state index in [4.69, 9.17) is 4.74 Å². The van der Waals surface area contributed by atoms with Gasteiger partial charge in [0.2, 0.25) is 0 Å². The number of nitrogens with one attached hydrogen (secondary N) is 2. The number of amides is 1. The van der Waals surface area contributed by atoms with E-state index in [1.54, 1.807) is 0 Å². The summed E-state index contributed by atoms with van der Waals surface area (Å²) < 4.78 is 6.07. The molecule has 1 aliphatic carbocycles. The highest BCUT2D eigenvalue weighted by Crippen LogP contribution is 2.47. The van der Waals surface area contributed by atoms with Gasteiger partial charge in [0.1, 0.15) is 0 Å². The summed E-state index contributed by atoms with van der Waals surface area (Å²) in [7, 11) is 1.85. The fourth-order valence-electron chi connectivity index (χ4n) is 4.97. The first-order valence-electron chi connectivity index (χ1n) is 10.2. The molecular formula is C21H29IN4O2. The number of nitrogens with zero attached hydrogens (tertiary/aromatic N) is 2. The van der Waals surface area contributed by atoms with Crippen LogP contribution in [0.4, 0.5) is 0 Å². The number of rotatable bonds is 4. The van der Waals surface area contributed by atoms with Gasteiger partial charge in [-0.1, -0.05) is 12.1 Å². The first-order chi connectivity index (χ1) is 13.2. The highest BCUT2D eigenvalue weighted by molar-refractivity contribution is 14.0. The Labute approximate surface area is 183 Å². The second-order valence-electron chi connectivity index (χ2n) is 8.37. The van der Waals surface area contributed by atoms with Gasteiger partial charge in [0.05, 0.1) is 12.2 Å². The van der Waals surface area contributed by atoms with E-state index in [0.29, 0.717) is 36.6 Å². The van der Waals surface area contributed by atoms with E-state index in [1.807, 2.05) is 25.2 Å². The summed E-state index contributed by atoms with van der Waals surface area (Å²) in [5, 5.41) is 6.54. The van der Waals surface area contributed by atoms with Crippen molar-refractivity contribution in [1.82, 2.24) is 15.5 Å². The Hall–Kier alpha value is -1.35. The molecule has 3 aliphatic heterocycles. The SMILES string of the molecule is CN=C(NCc1cccc(C(=O)NC2CC2)c1)N1CC2C3CCC(O3)C2C1.I. The van der Waals surface area contributed by atoms with Gasteiger partial charge in [-0.3, -0.25) is 9.79 Å². The molecule has 1 aromatic carbocycles. The number of carbonyl (C=O) groups is 1. The van der Waals surface area contributed by atoms with E-state index in [0.717, 1.165) is 43.0 Å². The highest BCUT2D eigenvalue weighted by atomic mass is 127. The van der Waals surface area contributed by atoms with Gasteiger partial charge >= 0.3 is 0 Å². The molecular weight excluding hydrogens is 467 g/mol. The van der Waals surface area contributed by atoms with Crippen molar-refractivity contribution in [3.63, 3.8) is 0 Å². The largest absolute Gasteiger partial charge is 0.374 e. The predicted molar refractivity (Wildman–Crippen MR) is 119 cm³/mol. The molecule has 4 atom stereocenters. The molecule has 5 rings (SSSR count). The van der Waals surface area contributed by atoms with Crippen molar-refractivity contribution in [1.29, 1.82) is 0 Å². The molecule has 1 amide bonds. The van der Waals surface area contributed by atoms with Crippen molar-refractivity contribution < 1.29 is 9.53 Å². The minimum absolute atomic E-state index is 0. The van der Waals surface area contributed by atoms with Gasteiger partial charge in [0.15, 0.2) is 5.96 Å². The molecule has 0 spiro atoms. The van der Waals surface area contributed by atoms with E-state index in [9.17, 15) is 4.79 Å². The fraction of sp³-hybridized carbons (Fsp3) is 0.619. The van der Waals surface area contributed by atoms with Gasteiger partial charge in [-0.15, -0.1) is 24.0 Å². The van der Waals surface area contributed by atoms with Crippen molar-refractivity contribution in [2.45, 2.75) is 50.5 Å². The first-order valence-corrected chi connectivity index (χ1v) is 10.2. The second kappa shape index (κ2) is 8.18. The van der Waals surface area contributed by atoms with Crippen LogP contribution in [0.1, 0.15) is 41.6 Å². The quantitative estimate of drug-likeness (QED) is 0.382. The zero-order chi connectivity index (χ0) is 18.4. The molecule has 1 saturated carbocycles. The molecule has 4 unspecified atom stereocenters. The van der Waals surface area contributed by atoms with Crippen LogP contribution in [0, 0.1) is 11.8 Å². The Morgan fingerprint density at radius 2 is 1.89 bits per heavy atom. The van der Waals surface area contributed by atoms with Gasteiger partial charge in [-0.2, -0.15) is 0 Å². The molecule has 3 saturated heterocycles. The predicted octanol–water partition coefficient (Wildman–Crippen LogP) is 2.38. The number of halogens is 1. The van der Waals surface area contributed by atoms with Gasteiger partial charge in [0, 0.05) is 50.1 Å². The number of hydrogen-bond acceptors (Lipinski definition) is 3. The van der Waals surface area contributed by atoms with Crippen LogP contribution in [0.15, 0.2) is 29.3 Å². The minimum Gasteiger partial charge on any atom is -0.374 e. The van der Waals surface area contributed by atoms with E-state index >= 15 is 0 Å². The lowest BCUT2D eigenvalue weighted by Gasteiger charge is -2.23. The normalized spacial score (nSPS) is 30.8. The lowest BCUT2D eigenvalue weighted by molar-refractivity contribution is 0.0767. The topological polar surface area (TPSA) is 66.0 Å². The molecule has 4 aliphatic rings. The molecule has 2 bridgehead atoms. The summed E-state index contributed by atoms with van der Waals surface area (Å²) in [5.41, 5.74) is 1.84. The summed E-state index contributed by atoms with van der Waals surface area (Å²) >= 11 is 0. The van der Waals surface area contributed by atoms with E-state index in [-0.39, 0.29) is 29.9 Å². The van der Waals surface area contributed by atoms with Gasteiger partial charge < -0.3 is 20.3 Å². The van der Waals surface area contributed by atoms with E-state index < -0.39 is 0 Å². The van der Waals surface area contributed by atoms with Crippen LogP contribution >= 0.6 is 24.0 Å².